The zero-order valence-electron chi connectivity index (χ0n) is 16.1. The van der Waals surface area contributed by atoms with Crippen LogP contribution in [0.15, 0.2) is 59.5 Å². The van der Waals surface area contributed by atoms with Gasteiger partial charge in [-0.25, -0.2) is 0 Å². The van der Waals surface area contributed by atoms with E-state index in [0.29, 0.717) is 22.8 Å². The number of carbonyl (C=O) groups is 1. The number of aromatic amines is 1. The minimum atomic E-state index is -0.367. The van der Waals surface area contributed by atoms with Crippen molar-refractivity contribution in [3.05, 3.63) is 60.9 Å². The molecule has 4 aromatic rings. The summed E-state index contributed by atoms with van der Waals surface area (Å²) in [6, 6.07) is 9.10. The number of furan rings is 1. The molecule has 0 saturated carbocycles. The van der Waals surface area contributed by atoms with E-state index in [1.165, 1.54) is 0 Å². The van der Waals surface area contributed by atoms with Crippen molar-refractivity contribution >= 4 is 11.6 Å². The van der Waals surface area contributed by atoms with E-state index in [-0.39, 0.29) is 17.7 Å². The molecule has 10 nitrogen and oxygen atoms in total. The number of amides is 1. The molecule has 0 bridgehead atoms. The number of pyridine rings is 1. The summed E-state index contributed by atoms with van der Waals surface area (Å²) in [5.74, 6) is 0.386. The highest BCUT2D eigenvalue weighted by Gasteiger charge is 2.30. The Morgan fingerprint density at radius 2 is 2.20 bits per heavy atom. The van der Waals surface area contributed by atoms with E-state index in [4.69, 9.17) is 9.25 Å². The molecule has 0 aromatic carbocycles. The molecule has 1 amide bonds. The zero-order valence-corrected chi connectivity index (χ0v) is 16.1. The van der Waals surface area contributed by atoms with Crippen LogP contribution < -0.4 is 5.32 Å². The van der Waals surface area contributed by atoms with Gasteiger partial charge < -0.3 is 14.6 Å². The molecular weight excluding hydrogens is 386 g/mol. The zero-order chi connectivity index (χ0) is 20.5. The van der Waals surface area contributed by atoms with Crippen molar-refractivity contribution in [3.8, 4) is 22.7 Å². The van der Waals surface area contributed by atoms with Gasteiger partial charge in [0, 0.05) is 31.7 Å². The maximum absolute atomic E-state index is 12.8. The second kappa shape index (κ2) is 7.58. The number of anilines is 1. The first-order valence-corrected chi connectivity index (χ1v) is 9.41. The van der Waals surface area contributed by atoms with E-state index in [9.17, 15) is 4.79 Å². The molecule has 5 heterocycles. The smallest absolute Gasteiger partial charge is 0.291 e. The van der Waals surface area contributed by atoms with Gasteiger partial charge in [0.1, 0.15) is 11.5 Å². The SMILES string of the molecule is CON1CC(n2cc(NC(=O)c3ccc(-c4cn[nH]c4)o3)c(-c3ccccn3)n2)C1. The molecule has 0 aliphatic carbocycles. The molecule has 0 unspecified atom stereocenters. The van der Waals surface area contributed by atoms with E-state index < -0.39 is 0 Å². The quantitative estimate of drug-likeness (QED) is 0.507. The lowest BCUT2D eigenvalue weighted by atomic mass is 10.2. The Morgan fingerprint density at radius 3 is 2.93 bits per heavy atom. The largest absolute Gasteiger partial charge is 0.451 e. The molecule has 30 heavy (non-hydrogen) atoms. The molecule has 1 saturated heterocycles. The van der Waals surface area contributed by atoms with Crippen LogP contribution in [0.2, 0.25) is 0 Å². The van der Waals surface area contributed by atoms with Gasteiger partial charge in [-0.1, -0.05) is 6.07 Å². The Bertz CT molecular complexity index is 1140. The first-order valence-electron chi connectivity index (χ1n) is 9.41. The first-order chi connectivity index (χ1) is 14.7. The normalized spacial score (nSPS) is 14.6. The topological polar surface area (TPSA) is 114 Å². The summed E-state index contributed by atoms with van der Waals surface area (Å²) in [7, 11) is 1.64. The van der Waals surface area contributed by atoms with Gasteiger partial charge >= 0.3 is 0 Å². The molecule has 4 aromatic heterocycles. The van der Waals surface area contributed by atoms with Crippen LogP contribution in [0.3, 0.4) is 0 Å². The summed E-state index contributed by atoms with van der Waals surface area (Å²) in [6.45, 7) is 1.44. The number of rotatable bonds is 6. The third kappa shape index (κ3) is 3.38. The molecular formula is C20H19N7O3. The Kier molecular flexibility index (Phi) is 4.62. The predicted molar refractivity (Wildman–Crippen MR) is 107 cm³/mol. The van der Waals surface area contributed by atoms with Gasteiger partial charge in [0.05, 0.1) is 36.3 Å². The molecule has 1 aliphatic rings. The monoisotopic (exact) mass is 405 g/mol. The average molecular weight is 405 g/mol. The lowest BCUT2D eigenvalue weighted by Gasteiger charge is -2.36. The fourth-order valence-corrected chi connectivity index (χ4v) is 3.28. The van der Waals surface area contributed by atoms with E-state index in [0.717, 1.165) is 18.7 Å². The van der Waals surface area contributed by atoms with E-state index >= 15 is 0 Å². The molecule has 1 fully saturated rings. The number of hydrogen-bond donors (Lipinski definition) is 2. The van der Waals surface area contributed by atoms with Crippen LogP contribution in [0.4, 0.5) is 5.69 Å². The van der Waals surface area contributed by atoms with Crippen molar-refractivity contribution in [1.82, 2.24) is 30.0 Å². The fourth-order valence-electron chi connectivity index (χ4n) is 3.28. The second-order valence-corrected chi connectivity index (χ2v) is 6.87. The van der Waals surface area contributed by atoms with Crippen molar-refractivity contribution < 1.29 is 14.0 Å². The van der Waals surface area contributed by atoms with Gasteiger partial charge in [0.15, 0.2) is 5.76 Å². The maximum atomic E-state index is 12.8. The van der Waals surface area contributed by atoms with Crippen LogP contribution in [0.5, 0.6) is 0 Å². The molecule has 0 radical (unpaired) electrons. The number of aromatic nitrogens is 5. The van der Waals surface area contributed by atoms with Gasteiger partial charge in [-0.2, -0.15) is 15.3 Å². The Hall–Kier alpha value is -3.76. The highest BCUT2D eigenvalue weighted by atomic mass is 16.7. The summed E-state index contributed by atoms with van der Waals surface area (Å²) in [5.41, 5.74) is 2.61. The van der Waals surface area contributed by atoms with Gasteiger partial charge in [-0.05, 0) is 24.3 Å². The minimum Gasteiger partial charge on any atom is -0.451 e. The number of nitrogens with one attached hydrogen (secondary N) is 2. The van der Waals surface area contributed by atoms with Crippen molar-refractivity contribution in [2.24, 2.45) is 0 Å². The average Bonchev–Trinajstić information content (AvgIpc) is 3.48. The molecule has 152 valence electrons. The van der Waals surface area contributed by atoms with Crippen LogP contribution in [0.1, 0.15) is 16.6 Å². The third-order valence-electron chi connectivity index (χ3n) is 4.96. The molecule has 10 heteroatoms. The number of hydroxylamine groups is 2. The van der Waals surface area contributed by atoms with E-state index in [1.807, 2.05) is 34.1 Å². The third-order valence-corrected chi connectivity index (χ3v) is 4.96. The van der Waals surface area contributed by atoms with Crippen molar-refractivity contribution in [3.63, 3.8) is 0 Å². The number of carbonyl (C=O) groups excluding carboxylic acids is 1. The summed E-state index contributed by atoms with van der Waals surface area (Å²) in [5, 5.41) is 16.0. The van der Waals surface area contributed by atoms with Gasteiger partial charge in [-0.3, -0.25) is 19.6 Å². The summed E-state index contributed by atoms with van der Waals surface area (Å²) < 4.78 is 7.53. The summed E-state index contributed by atoms with van der Waals surface area (Å²) in [4.78, 5) is 22.4. The van der Waals surface area contributed by atoms with Crippen LogP contribution in [0, 0.1) is 0 Å². The molecule has 1 aliphatic heterocycles. The summed E-state index contributed by atoms with van der Waals surface area (Å²) in [6.07, 6.45) is 6.84. The van der Waals surface area contributed by atoms with Crippen LogP contribution in [0.25, 0.3) is 22.7 Å². The van der Waals surface area contributed by atoms with Crippen LogP contribution in [-0.2, 0) is 4.84 Å². The molecule has 5 rings (SSSR count). The van der Waals surface area contributed by atoms with Crippen molar-refractivity contribution in [2.45, 2.75) is 6.04 Å². The fraction of sp³-hybridized carbons (Fsp3) is 0.200. The maximum Gasteiger partial charge on any atom is 0.291 e. The number of nitrogens with zero attached hydrogens (tertiary/aromatic N) is 5. The minimum absolute atomic E-state index is 0.161. The van der Waals surface area contributed by atoms with Crippen LogP contribution in [-0.4, -0.2) is 56.1 Å². The molecule has 0 atom stereocenters. The standard InChI is InChI=1S/C20H19N7O3/c1-29-26-10-14(11-26)27-12-16(19(25-27)15-4-2-3-7-21-15)24-20(28)18-6-5-17(30-18)13-8-22-23-9-13/h2-9,12,14H,10-11H2,1H3,(H,22,23)(H,24,28). The predicted octanol–water partition coefficient (Wildman–Crippen LogP) is 2.60. The van der Waals surface area contributed by atoms with Crippen LogP contribution >= 0.6 is 0 Å². The lowest BCUT2D eigenvalue weighted by molar-refractivity contribution is -0.194. The van der Waals surface area contributed by atoms with Crippen molar-refractivity contribution in [2.75, 3.05) is 25.5 Å². The Balaban J connectivity index is 1.41. The van der Waals surface area contributed by atoms with Gasteiger partial charge in [0.2, 0.25) is 0 Å². The van der Waals surface area contributed by atoms with E-state index in [1.54, 1.807) is 37.8 Å². The molecule has 0 spiro atoms. The highest BCUT2D eigenvalue weighted by Crippen LogP contribution is 2.30. The van der Waals surface area contributed by atoms with E-state index in [2.05, 4.69) is 25.6 Å². The van der Waals surface area contributed by atoms with Gasteiger partial charge in [0.25, 0.3) is 5.91 Å². The number of H-pyrrole nitrogens is 1. The Morgan fingerprint density at radius 1 is 1.30 bits per heavy atom. The molecule has 2 N–H and O–H groups in total. The second-order valence-electron chi connectivity index (χ2n) is 6.87. The van der Waals surface area contributed by atoms with Crippen molar-refractivity contribution in [1.29, 1.82) is 0 Å². The highest BCUT2D eigenvalue weighted by molar-refractivity contribution is 6.04. The Labute approximate surface area is 171 Å². The number of hydrogen-bond acceptors (Lipinski definition) is 7. The summed E-state index contributed by atoms with van der Waals surface area (Å²) >= 11 is 0. The van der Waals surface area contributed by atoms with Gasteiger partial charge in [-0.15, -0.1) is 0 Å². The first kappa shape index (κ1) is 18.3. The lowest BCUT2D eigenvalue weighted by Crippen LogP contribution is -2.46.